The molecule has 1 saturated heterocycles. The molecule has 0 bridgehead atoms. The molecular weight excluding hydrogens is 465 g/mol. The van der Waals surface area contributed by atoms with Gasteiger partial charge in [0.1, 0.15) is 5.82 Å². The first-order valence-corrected chi connectivity index (χ1v) is 11.1. The molecule has 2 N–H and O–H groups in total. The van der Waals surface area contributed by atoms with Gasteiger partial charge in [-0.15, -0.1) is 0 Å². The molecule has 0 unspecified atom stereocenters. The maximum Gasteiger partial charge on any atom is 0.270 e. The van der Waals surface area contributed by atoms with Crippen LogP contribution >= 0.6 is 15.9 Å². The zero-order valence-electron chi connectivity index (χ0n) is 15.3. The van der Waals surface area contributed by atoms with Crippen molar-refractivity contribution in [1.29, 1.82) is 0 Å². The molecule has 10 heteroatoms. The second-order valence-corrected chi connectivity index (χ2v) is 9.35. The molecule has 0 atom stereocenters. The van der Waals surface area contributed by atoms with Crippen LogP contribution in [0.2, 0.25) is 0 Å². The van der Waals surface area contributed by atoms with Crippen molar-refractivity contribution in [2.75, 3.05) is 13.1 Å². The molecule has 0 aliphatic carbocycles. The van der Waals surface area contributed by atoms with E-state index in [1.165, 1.54) is 46.8 Å². The highest BCUT2D eigenvalue weighted by atomic mass is 79.9. The minimum Gasteiger partial charge on any atom is -0.273 e. The van der Waals surface area contributed by atoms with Gasteiger partial charge in [-0.05, 0) is 64.7 Å². The number of hydrazine groups is 1. The van der Waals surface area contributed by atoms with E-state index in [1.54, 1.807) is 0 Å². The largest absolute Gasteiger partial charge is 0.273 e. The highest BCUT2D eigenvalue weighted by molar-refractivity contribution is 9.10. The molecule has 0 spiro atoms. The summed E-state index contributed by atoms with van der Waals surface area (Å²) in [6.07, 6.45) is 1.57. The van der Waals surface area contributed by atoms with E-state index in [4.69, 9.17) is 0 Å². The lowest BCUT2D eigenvalue weighted by atomic mass is 10.1. The first-order valence-electron chi connectivity index (χ1n) is 8.91. The molecule has 2 aromatic rings. The molecule has 1 fully saturated rings. The summed E-state index contributed by atoms with van der Waals surface area (Å²) in [5.41, 5.74) is 5.20. The van der Waals surface area contributed by atoms with Crippen LogP contribution in [-0.2, 0) is 21.2 Å². The Morgan fingerprint density at radius 1 is 1.03 bits per heavy atom. The summed E-state index contributed by atoms with van der Waals surface area (Å²) in [4.78, 5) is 24.5. The molecule has 3 rings (SSSR count). The Hall–Kier alpha value is -2.30. The van der Waals surface area contributed by atoms with Crippen LogP contribution < -0.4 is 10.9 Å². The number of halogens is 2. The fourth-order valence-electron chi connectivity index (χ4n) is 2.94. The summed E-state index contributed by atoms with van der Waals surface area (Å²) in [6.45, 7) is 0.915. The van der Waals surface area contributed by atoms with E-state index < -0.39 is 27.7 Å². The van der Waals surface area contributed by atoms with Gasteiger partial charge in [0.2, 0.25) is 15.9 Å². The highest BCUT2D eigenvalue weighted by Gasteiger charge is 2.28. The number of hydrogen-bond acceptors (Lipinski definition) is 4. The average molecular weight is 484 g/mol. The Morgan fingerprint density at radius 3 is 2.34 bits per heavy atom. The second kappa shape index (κ2) is 9.02. The third kappa shape index (κ3) is 5.20. The van der Waals surface area contributed by atoms with E-state index in [-0.39, 0.29) is 16.9 Å². The van der Waals surface area contributed by atoms with Gasteiger partial charge in [0, 0.05) is 17.6 Å². The molecule has 1 aliphatic rings. The third-order valence-corrected chi connectivity index (χ3v) is 7.06. The van der Waals surface area contributed by atoms with Crippen molar-refractivity contribution >= 4 is 37.8 Å². The number of nitrogens with one attached hydrogen (secondary N) is 2. The Bertz CT molecular complexity index is 1020. The number of hydrogen-bond donors (Lipinski definition) is 2. The predicted octanol–water partition coefficient (Wildman–Crippen LogP) is 2.38. The van der Waals surface area contributed by atoms with Crippen LogP contribution in [-0.4, -0.2) is 37.6 Å². The third-order valence-electron chi connectivity index (χ3n) is 4.48. The molecule has 0 saturated carbocycles. The molecule has 29 heavy (non-hydrogen) atoms. The smallest absolute Gasteiger partial charge is 0.270 e. The molecule has 1 heterocycles. The molecule has 2 amide bonds. The lowest BCUT2D eigenvalue weighted by Gasteiger charge is -2.16. The van der Waals surface area contributed by atoms with Gasteiger partial charge in [-0.25, -0.2) is 12.8 Å². The molecule has 154 valence electrons. The molecule has 0 aromatic heterocycles. The van der Waals surface area contributed by atoms with Gasteiger partial charge in [-0.1, -0.05) is 12.1 Å². The van der Waals surface area contributed by atoms with E-state index >= 15 is 0 Å². The molecular formula is C19H19BrFN3O4S. The van der Waals surface area contributed by atoms with E-state index in [0.717, 1.165) is 12.8 Å². The maximum atomic E-state index is 12.9. The van der Waals surface area contributed by atoms with Gasteiger partial charge in [-0.3, -0.25) is 20.4 Å². The predicted molar refractivity (Wildman–Crippen MR) is 108 cm³/mol. The van der Waals surface area contributed by atoms with Crippen molar-refractivity contribution in [3.05, 3.63) is 63.9 Å². The highest BCUT2D eigenvalue weighted by Crippen LogP contribution is 2.25. The van der Waals surface area contributed by atoms with Crippen molar-refractivity contribution in [3.8, 4) is 0 Å². The fraction of sp³-hybridized carbons (Fsp3) is 0.263. The van der Waals surface area contributed by atoms with E-state index in [0.29, 0.717) is 23.1 Å². The van der Waals surface area contributed by atoms with Crippen molar-refractivity contribution in [2.24, 2.45) is 0 Å². The minimum absolute atomic E-state index is 0.0189. The van der Waals surface area contributed by atoms with Crippen LogP contribution in [0.5, 0.6) is 0 Å². The first-order chi connectivity index (χ1) is 13.8. The normalized spacial score (nSPS) is 14.6. The van der Waals surface area contributed by atoms with Crippen molar-refractivity contribution in [3.63, 3.8) is 0 Å². The summed E-state index contributed by atoms with van der Waals surface area (Å²) in [5, 5.41) is 0. The van der Waals surface area contributed by atoms with E-state index in [2.05, 4.69) is 26.8 Å². The minimum atomic E-state index is -3.67. The lowest BCUT2D eigenvalue weighted by Crippen LogP contribution is -2.42. The zero-order valence-corrected chi connectivity index (χ0v) is 17.7. The SMILES string of the molecule is O=C(Cc1ccc(F)cc1)NNC(=O)c1cc(S(=O)(=O)N2CCCC2)ccc1Br. The van der Waals surface area contributed by atoms with Crippen LogP contribution in [0.1, 0.15) is 28.8 Å². The standard InChI is InChI=1S/C19H19BrFN3O4S/c20-17-8-7-15(29(27,28)24-9-1-2-10-24)12-16(17)19(26)23-22-18(25)11-13-3-5-14(21)6-4-13/h3-8,12H,1-2,9-11H2,(H,22,25)(H,23,26). The Labute approximate surface area is 176 Å². The first kappa shape index (κ1) is 21.4. The van der Waals surface area contributed by atoms with Gasteiger partial charge in [0.25, 0.3) is 5.91 Å². The van der Waals surface area contributed by atoms with E-state index in [1.807, 2.05) is 0 Å². The summed E-state index contributed by atoms with van der Waals surface area (Å²) in [5.74, 6) is -1.57. The summed E-state index contributed by atoms with van der Waals surface area (Å²) in [6, 6.07) is 9.62. The van der Waals surface area contributed by atoms with Crippen LogP contribution in [0, 0.1) is 5.82 Å². The van der Waals surface area contributed by atoms with E-state index in [9.17, 15) is 22.4 Å². The van der Waals surface area contributed by atoms with Gasteiger partial charge < -0.3 is 0 Å². The van der Waals surface area contributed by atoms with Crippen LogP contribution in [0.25, 0.3) is 0 Å². The monoisotopic (exact) mass is 483 g/mol. The fourth-order valence-corrected chi connectivity index (χ4v) is 4.91. The topological polar surface area (TPSA) is 95.6 Å². The summed E-state index contributed by atoms with van der Waals surface area (Å²) >= 11 is 3.23. The Balaban J connectivity index is 1.67. The zero-order chi connectivity index (χ0) is 21.0. The van der Waals surface area contributed by atoms with Gasteiger partial charge in [0.15, 0.2) is 0 Å². The summed E-state index contributed by atoms with van der Waals surface area (Å²) < 4.78 is 40.1. The quantitative estimate of drug-likeness (QED) is 0.638. The van der Waals surface area contributed by atoms with Crippen LogP contribution in [0.3, 0.4) is 0 Å². The lowest BCUT2D eigenvalue weighted by molar-refractivity contribution is -0.121. The molecule has 7 nitrogen and oxygen atoms in total. The Morgan fingerprint density at radius 2 is 1.69 bits per heavy atom. The van der Waals surface area contributed by atoms with Crippen LogP contribution in [0.4, 0.5) is 4.39 Å². The summed E-state index contributed by atoms with van der Waals surface area (Å²) in [7, 11) is -3.67. The number of rotatable bonds is 5. The number of carbonyl (C=O) groups excluding carboxylic acids is 2. The van der Waals surface area contributed by atoms with Crippen molar-refractivity contribution < 1.29 is 22.4 Å². The number of amides is 2. The second-order valence-electron chi connectivity index (χ2n) is 6.56. The van der Waals surface area contributed by atoms with Crippen LogP contribution in [0.15, 0.2) is 51.8 Å². The molecule has 2 aromatic carbocycles. The number of nitrogens with zero attached hydrogens (tertiary/aromatic N) is 1. The molecule has 1 aliphatic heterocycles. The van der Waals surface area contributed by atoms with Gasteiger partial charge >= 0.3 is 0 Å². The number of carbonyl (C=O) groups is 2. The number of benzene rings is 2. The molecule has 0 radical (unpaired) electrons. The average Bonchev–Trinajstić information content (AvgIpc) is 3.24. The van der Waals surface area contributed by atoms with Crippen molar-refractivity contribution in [1.82, 2.24) is 15.2 Å². The van der Waals surface area contributed by atoms with Gasteiger partial charge in [0.05, 0.1) is 16.9 Å². The van der Waals surface area contributed by atoms with Gasteiger partial charge in [-0.2, -0.15) is 4.31 Å². The maximum absolute atomic E-state index is 12.9. The van der Waals surface area contributed by atoms with Crippen molar-refractivity contribution in [2.45, 2.75) is 24.2 Å². The Kier molecular flexibility index (Phi) is 6.66. The number of sulfonamides is 1.